The zero-order valence-corrected chi connectivity index (χ0v) is 10.8. The molecule has 2 rings (SSSR count). The molecular formula is C8H5I2N3. The molecule has 66 valence electrons. The van der Waals surface area contributed by atoms with Gasteiger partial charge >= 0.3 is 0 Å². The van der Waals surface area contributed by atoms with Crippen LogP contribution in [0.1, 0.15) is 0 Å². The Morgan fingerprint density at radius 3 is 2.31 bits per heavy atom. The van der Waals surface area contributed by atoms with E-state index in [1.54, 1.807) is 4.68 Å². The summed E-state index contributed by atoms with van der Waals surface area (Å²) in [6.07, 6.45) is 1.89. The number of halogens is 2. The van der Waals surface area contributed by atoms with Gasteiger partial charge in [0.05, 0.1) is 11.9 Å². The molecule has 1 aromatic carbocycles. The van der Waals surface area contributed by atoms with Gasteiger partial charge in [0.15, 0.2) is 0 Å². The van der Waals surface area contributed by atoms with Gasteiger partial charge in [-0.2, -0.15) is 0 Å². The van der Waals surface area contributed by atoms with Crippen molar-refractivity contribution in [1.29, 1.82) is 0 Å². The standard InChI is InChI=1S/C8H5I2N3/c9-6-1-3-7(4-2-6)13-5-8(10)11-12-13/h1-5H. The van der Waals surface area contributed by atoms with Gasteiger partial charge in [-0.05, 0) is 69.4 Å². The molecule has 13 heavy (non-hydrogen) atoms. The Morgan fingerprint density at radius 1 is 1.08 bits per heavy atom. The number of rotatable bonds is 1. The topological polar surface area (TPSA) is 30.7 Å². The minimum atomic E-state index is 0.899. The molecule has 0 saturated heterocycles. The monoisotopic (exact) mass is 397 g/mol. The first-order valence-corrected chi connectivity index (χ1v) is 5.75. The summed E-state index contributed by atoms with van der Waals surface area (Å²) in [7, 11) is 0. The summed E-state index contributed by atoms with van der Waals surface area (Å²) in [6.45, 7) is 0. The lowest BCUT2D eigenvalue weighted by Gasteiger charge is -1.98. The van der Waals surface area contributed by atoms with E-state index in [-0.39, 0.29) is 0 Å². The Labute approximate surface area is 103 Å². The maximum Gasteiger partial charge on any atom is 0.143 e. The van der Waals surface area contributed by atoms with Crippen molar-refractivity contribution < 1.29 is 0 Å². The van der Waals surface area contributed by atoms with Crippen molar-refractivity contribution in [3.63, 3.8) is 0 Å². The number of hydrogen-bond donors (Lipinski definition) is 0. The minimum Gasteiger partial charge on any atom is -0.220 e. The molecule has 0 saturated carbocycles. The van der Waals surface area contributed by atoms with Crippen LogP contribution in [0.15, 0.2) is 30.5 Å². The van der Waals surface area contributed by atoms with E-state index in [1.807, 2.05) is 30.5 Å². The van der Waals surface area contributed by atoms with E-state index in [2.05, 4.69) is 55.5 Å². The maximum absolute atomic E-state index is 3.97. The summed E-state index contributed by atoms with van der Waals surface area (Å²) in [5.74, 6) is 0. The molecule has 2 aromatic rings. The summed E-state index contributed by atoms with van der Waals surface area (Å²) >= 11 is 4.41. The van der Waals surface area contributed by atoms with Crippen LogP contribution in [0.25, 0.3) is 5.69 Å². The molecule has 0 unspecified atom stereocenters. The first-order chi connectivity index (χ1) is 6.25. The highest BCUT2D eigenvalue weighted by Crippen LogP contribution is 2.10. The summed E-state index contributed by atoms with van der Waals surface area (Å²) in [5.41, 5.74) is 1.04. The molecule has 0 bridgehead atoms. The molecule has 3 nitrogen and oxygen atoms in total. The molecule has 1 aromatic heterocycles. The van der Waals surface area contributed by atoms with Crippen LogP contribution in [-0.2, 0) is 0 Å². The number of benzene rings is 1. The predicted molar refractivity (Wildman–Crippen MR) is 66.8 cm³/mol. The van der Waals surface area contributed by atoms with Gasteiger partial charge in [-0.25, -0.2) is 4.68 Å². The number of hydrogen-bond acceptors (Lipinski definition) is 2. The fraction of sp³-hybridized carbons (Fsp3) is 0. The molecule has 1 heterocycles. The van der Waals surface area contributed by atoms with E-state index in [4.69, 9.17) is 0 Å². The van der Waals surface area contributed by atoms with Crippen molar-refractivity contribution in [3.8, 4) is 5.69 Å². The third-order valence-electron chi connectivity index (χ3n) is 1.56. The lowest BCUT2D eigenvalue weighted by atomic mass is 10.3. The molecule has 0 aliphatic rings. The summed E-state index contributed by atoms with van der Waals surface area (Å²) in [6, 6.07) is 8.13. The number of aromatic nitrogens is 3. The van der Waals surface area contributed by atoms with Crippen molar-refractivity contribution in [2.24, 2.45) is 0 Å². The molecule has 5 heteroatoms. The van der Waals surface area contributed by atoms with Crippen LogP contribution in [0.2, 0.25) is 0 Å². The zero-order valence-electron chi connectivity index (χ0n) is 6.48. The van der Waals surface area contributed by atoms with Crippen molar-refractivity contribution in [2.75, 3.05) is 0 Å². The van der Waals surface area contributed by atoms with Crippen molar-refractivity contribution in [2.45, 2.75) is 0 Å². The van der Waals surface area contributed by atoms with Gasteiger partial charge in [0, 0.05) is 3.57 Å². The highest BCUT2D eigenvalue weighted by Gasteiger charge is 1.98. The van der Waals surface area contributed by atoms with Crippen LogP contribution in [0.4, 0.5) is 0 Å². The smallest absolute Gasteiger partial charge is 0.143 e. The lowest BCUT2D eigenvalue weighted by Crippen LogP contribution is -1.94. The number of nitrogens with zero attached hydrogens (tertiary/aromatic N) is 3. The average molecular weight is 397 g/mol. The van der Waals surface area contributed by atoms with Crippen LogP contribution in [0.5, 0.6) is 0 Å². The van der Waals surface area contributed by atoms with Crippen LogP contribution < -0.4 is 0 Å². The third kappa shape index (κ3) is 2.19. The Hall–Kier alpha value is -0.180. The van der Waals surface area contributed by atoms with E-state index in [9.17, 15) is 0 Å². The van der Waals surface area contributed by atoms with E-state index in [0.29, 0.717) is 0 Å². The van der Waals surface area contributed by atoms with Crippen molar-refractivity contribution in [1.82, 2.24) is 15.0 Å². The molecule has 0 radical (unpaired) electrons. The zero-order chi connectivity index (χ0) is 9.26. The molecule has 0 atom stereocenters. The Kier molecular flexibility index (Phi) is 2.82. The van der Waals surface area contributed by atoms with Crippen LogP contribution in [0, 0.1) is 7.27 Å². The maximum atomic E-state index is 3.97. The SMILES string of the molecule is Ic1ccc(-n2cc(I)nn2)cc1. The van der Waals surface area contributed by atoms with Crippen LogP contribution >= 0.6 is 45.2 Å². The largest absolute Gasteiger partial charge is 0.220 e. The second-order valence-corrected chi connectivity index (χ2v) is 4.81. The van der Waals surface area contributed by atoms with Gasteiger partial charge in [-0.1, -0.05) is 5.21 Å². The fourth-order valence-electron chi connectivity index (χ4n) is 0.963. The van der Waals surface area contributed by atoms with E-state index < -0.39 is 0 Å². The average Bonchev–Trinajstić information content (AvgIpc) is 2.53. The first kappa shape index (κ1) is 9.38. The summed E-state index contributed by atoms with van der Waals surface area (Å²) in [4.78, 5) is 0. The van der Waals surface area contributed by atoms with Crippen molar-refractivity contribution in [3.05, 3.63) is 37.7 Å². The van der Waals surface area contributed by atoms with Crippen molar-refractivity contribution >= 4 is 45.2 Å². The fourth-order valence-corrected chi connectivity index (χ4v) is 1.68. The molecule has 0 aliphatic heterocycles. The van der Waals surface area contributed by atoms with E-state index in [1.165, 1.54) is 3.57 Å². The molecule has 0 N–H and O–H groups in total. The second-order valence-electron chi connectivity index (χ2n) is 2.46. The normalized spacial score (nSPS) is 10.3. The summed E-state index contributed by atoms with van der Waals surface area (Å²) < 4.78 is 3.88. The lowest BCUT2D eigenvalue weighted by molar-refractivity contribution is 0.801. The highest BCUT2D eigenvalue weighted by atomic mass is 127. The molecule has 0 aliphatic carbocycles. The Balaban J connectivity index is 2.41. The van der Waals surface area contributed by atoms with Crippen LogP contribution in [0.3, 0.4) is 0 Å². The molecular weight excluding hydrogens is 392 g/mol. The van der Waals surface area contributed by atoms with E-state index in [0.717, 1.165) is 9.39 Å². The van der Waals surface area contributed by atoms with Gasteiger partial charge in [0.25, 0.3) is 0 Å². The Bertz CT molecular complexity index is 408. The predicted octanol–water partition coefficient (Wildman–Crippen LogP) is 2.48. The highest BCUT2D eigenvalue weighted by molar-refractivity contribution is 14.1. The third-order valence-corrected chi connectivity index (χ3v) is 2.77. The van der Waals surface area contributed by atoms with Gasteiger partial charge < -0.3 is 0 Å². The summed E-state index contributed by atoms with van der Waals surface area (Å²) in [5, 5.41) is 7.89. The van der Waals surface area contributed by atoms with Gasteiger partial charge in [0.1, 0.15) is 3.70 Å². The first-order valence-electron chi connectivity index (χ1n) is 3.59. The van der Waals surface area contributed by atoms with E-state index >= 15 is 0 Å². The van der Waals surface area contributed by atoms with Gasteiger partial charge in [-0.3, -0.25) is 0 Å². The Morgan fingerprint density at radius 2 is 1.77 bits per heavy atom. The minimum absolute atomic E-state index is 0.899. The second kappa shape index (κ2) is 3.91. The quantitative estimate of drug-likeness (QED) is 0.693. The molecule has 0 spiro atoms. The molecule has 0 fully saturated rings. The molecule has 0 amide bonds. The van der Waals surface area contributed by atoms with Crippen LogP contribution in [-0.4, -0.2) is 15.0 Å². The van der Waals surface area contributed by atoms with Gasteiger partial charge in [-0.15, -0.1) is 5.10 Å². The van der Waals surface area contributed by atoms with Gasteiger partial charge in [0.2, 0.25) is 0 Å².